The molecule has 1 atom stereocenters. The lowest BCUT2D eigenvalue weighted by atomic mass is 10.1. The molecule has 0 aliphatic heterocycles. The summed E-state index contributed by atoms with van der Waals surface area (Å²) < 4.78 is 13.6. The van der Waals surface area contributed by atoms with Gasteiger partial charge in [-0.15, -0.1) is 11.6 Å². The monoisotopic (exact) mass is 257 g/mol. The van der Waals surface area contributed by atoms with E-state index in [1.54, 1.807) is 13.0 Å². The van der Waals surface area contributed by atoms with Gasteiger partial charge in [-0.2, -0.15) is 0 Å². The van der Waals surface area contributed by atoms with Gasteiger partial charge in [-0.3, -0.25) is 4.79 Å². The summed E-state index contributed by atoms with van der Waals surface area (Å²) in [6, 6.07) is 4.40. The number of aryl methyl sites for hydroxylation is 1. The van der Waals surface area contributed by atoms with Crippen LogP contribution in [-0.2, 0) is 0 Å². The quantitative estimate of drug-likeness (QED) is 0.825. The number of nitrogens with one attached hydrogen (secondary N) is 1. The second kappa shape index (κ2) is 6.01. The summed E-state index contributed by atoms with van der Waals surface area (Å²) in [5, 5.41) is 2.73. The van der Waals surface area contributed by atoms with Gasteiger partial charge in [0.2, 0.25) is 0 Å². The van der Waals surface area contributed by atoms with E-state index in [0.29, 0.717) is 5.88 Å². The zero-order valence-corrected chi connectivity index (χ0v) is 11.0. The molecule has 1 aromatic rings. The lowest BCUT2D eigenvalue weighted by Gasteiger charge is -2.19. The lowest BCUT2D eigenvalue weighted by molar-refractivity contribution is 0.0927. The molecule has 17 heavy (non-hydrogen) atoms. The summed E-state index contributed by atoms with van der Waals surface area (Å²) in [6.07, 6.45) is 0. The molecule has 94 valence electrons. The summed E-state index contributed by atoms with van der Waals surface area (Å²) in [6.45, 7) is 5.69. The van der Waals surface area contributed by atoms with E-state index in [-0.39, 0.29) is 17.5 Å². The van der Waals surface area contributed by atoms with Crippen LogP contribution in [0.2, 0.25) is 0 Å². The SMILES string of the molecule is Cc1ccc(C(=O)NC(CCl)C(C)C)c(F)c1. The average Bonchev–Trinajstić information content (AvgIpc) is 2.24. The van der Waals surface area contributed by atoms with Gasteiger partial charge in [-0.05, 0) is 30.5 Å². The van der Waals surface area contributed by atoms with Gasteiger partial charge in [0.15, 0.2) is 0 Å². The summed E-state index contributed by atoms with van der Waals surface area (Å²) in [4.78, 5) is 11.8. The number of carbonyl (C=O) groups is 1. The van der Waals surface area contributed by atoms with E-state index in [0.717, 1.165) is 5.56 Å². The van der Waals surface area contributed by atoms with Crippen LogP contribution in [0.1, 0.15) is 29.8 Å². The molecule has 0 bridgehead atoms. The van der Waals surface area contributed by atoms with Crippen molar-refractivity contribution < 1.29 is 9.18 Å². The highest BCUT2D eigenvalue weighted by Gasteiger charge is 2.18. The highest BCUT2D eigenvalue weighted by atomic mass is 35.5. The van der Waals surface area contributed by atoms with Crippen LogP contribution >= 0.6 is 11.6 Å². The van der Waals surface area contributed by atoms with Gasteiger partial charge in [0.1, 0.15) is 5.82 Å². The maximum absolute atomic E-state index is 13.6. The normalized spacial score (nSPS) is 12.6. The zero-order valence-electron chi connectivity index (χ0n) is 10.3. The first-order valence-electron chi connectivity index (χ1n) is 5.58. The molecule has 0 spiro atoms. The van der Waals surface area contributed by atoms with Gasteiger partial charge in [0, 0.05) is 11.9 Å². The van der Waals surface area contributed by atoms with Crippen molar-refractivity contribution >= 4 is 17.5 Å². The van der Waals surface area contributed by atoms with Crippen molar-refractivity contribution in [2.24, 2.45) is 5.92 Å². The molecule has 1 unspecified atom stereocenters. The number of amides is 1. The van der Waals surface area contributed by atoms with Crippen LogP contribution in [0.15, 0.2) is 18.2 Å². The number of hydrogen-bond donors (Lipinski definition) is 1. The number of benzene rings is 1. The first-order chi connectivity index (χ1) is 7.95. The Balaban J connectivity index is 2.82. The van der Waals surface area contributed by atoms with Crippen molar-refractivity contribution in [3.8, 4) is 0 Å². The Kier molecular flexibility index (Phi) is 4.94. The fourth-order valence-corrected chi connectivity index (χ4v) is 1.87. The van der Waals surface area contributed by atoms with E-state index in [1.807, 2.05) is 13.8 Å². The Morgan fingerprint density at radius 3 is 2.59 bits per heavy atom. The Morgan fingerprint density at radius 2 is 2.12 bits per heavy atom. The van der Waals surface area contributed by atoms with Crippen LogP contribution in [-0.4, -0.2) is 17.8 Å². The predicted molar refractivity (Wildman–Crippen MR) is 67.9 cm³/mol. The highest BCUT2D eigenvalue weighted by molar-refractivity contribution is 6.18. The fourth-order valence-electron chi connectivity index (χ4n) is 1.43. The summed E-state index contributed by atoms with van der Waals surface area (Å²) in [7, 11) is 0. The molecular formula is C13H17ClFNO. The van der Waals surface area contributed by atoms with Crippen LogP contribution in [0.4, 0.5) is 4.39 Å². The first-order valence-corrected chi connectivity index (χ1v) is 6.12. The Bertz CT molecular complexity index is 406. The molecule has 0 heterocycles. The maximum Gasteiger partial charge on any atom is 0.254 e. The van der Waals surface area contributed by atoms with Crippen LogP contribution in [0.25, 0.3) is 0 Å². The van der Waals surface area contributed by atoms with Gasteiger partial charge in [0.05, 0.1) is 5.56 Å². The van der Waals surface area contributed by atoms with Gasteiger partial charge in [-0.1, -0.05) is 19.9 Å². The fraction of sp³-hybridized carbons (Fsp3) is 0.462. The van der Waals surface area contributed by atoms with Gasteiger partial charge in [-0.25, -0.2) is 4.39 Å². The van der Waals surface area contributed by atoms with Crippen LogP contribution < -0.4 is 5.32 Å². The second-order valence-corrected chi connectivity index (χ2v) is 4.77. The van der Waals surface area contributed by atoms with Crippen LogP contribution in [0, 0.1) is 18.7 Å². The van der Waals surface area contributed by atoms with Crippen molar-refractivity contribution in [2.75, 3.05) is 5.88 Å². The minimum absolute atomic E-state index is 0.0615. The minimum atomic E-state index is -0.500. The van der Waals surface area contributed by atoms with E-state index in [1.165, 1.54) is 12.1 Å². The molecule has 1 N–H and O–H groups in total. The van der Waals surface area contributed by atoms with E-state index >= 15 is 0 Å². The molecule has 0 saturated heterocycles. The number of alkyl halides is 1. The third-order valence-corrected chi connectivity index (χ3v) is 2.99. The largest absolute Gasteiger partial charge is 0.348 e. The smallest absolute Gasteiger partial charge is 0.254 e. The molecule has 1 aromatic carbocycles. The molecule has 4 heteroatoms. The third-order valence-electron chi connectivity index (χ3n) is 2.66. The van der Waals surface area contributed by atoms with Crippen molar-refractivity contribution in [2.45, 2.75) is 26.8 Å². The molecule has 0 aromatic heterocycles. The Morgan fingerprint density at radius 1 is 1.47 bits per heavy atom. The zero-order chi connectivity index (χ0) is 13.0. The van der Waals surface area contributed by atoms with E-state index in [4.69, 9.17) is 11.6 Å². The predicted octanol–water partition coefficient (Wildman–Crippen LogP) is 3.13. The summed E-state index contributed by atoms with van der Waals surface area (Å²) >= 11 is 5.75. The van der Waals surface area contributed by atoms with E-state index in [9.17, 15) is 9.18 Å². The number of hydrogen-bond acceptors (Lipinski definition) is 1. The van der Waals surface area contributed by atoms with E-state index in [2.05, 4.69) is 5.32 Å². The molecule has 0 radical (unpaired) electrons. The van der Waals surface area contributed by atoms with Crippen LogP contribution in [0.3, 0.4) is 0 Å². The molecule has 0 fully saturated rings. The average molecular weight is 258 g/mol. The Hall–Kier alpha value is -1.09. The van der Waals surface area contributed by atoms with Crippen molar-refractivity contribution in [3.05, 3.63) is 35.1 Å². The first kappa shape index (κ1) is 14.0. The number of carbonyl (C=O) groups excluding carboxylic acids is 1. The van der Waals surface area contributed by atoms with Crippen molar-refractivity contribution in [1.82, 2.24) is 5.32 Å². The van der Waals surface area contributed by atoms with Gasteiger partial charge in [0.25, 0.3) is 5.91 Å². The van der Waals surface area contributed by atoms with E-state index < -0.39 is 11.7 Å². The molecule has 1 rings (SSSR count). The summed E-state index contributed by atoms with van der Waals surface area (Å²) in [5.74, 6) is -0.386. The maximum atomic E-state index is 13.6. The van der Waals surface area contributed by atoms with Gasteiger partial charge < -0.3 is 5.32 Å². The standard InChI is InChI=1S/C13H17ClFNO/c1-8(2)12(7-14)16-13(17)10-5-4-9(3)6-11(10)15/h4-6,8,12H,7H2,1-3H3,(H,16,17). The Labute approximate surface area is 106 Å². The highest BCUT2D eigenvalue weighted by Crippen LogP contribution is 2.11. The molecule has 0 aliphatic carbocycles. The number of halogens is 2. The van der Waals surface area contributed by atoms with Crippen molar-refractivity contribution in [1.29, 1.82) is 0 Å². The minimum Gasteiger partial charge on any atom is -0.348 e. The molecule has 1 amide bonds. The molecule has 0 aliphatic rings. The third kappa shape index (κ3) is 3.70. The van der Waals surface area contributed by atoms with Gasteiger partial charge >= 0.3 is 0 Å². The van der Waals surface area contributed by atoms with Crippen LogP contribution in [0.5, 0.6) is 0 Å². The topological polar surface area (TPSA) is 29.1 Å². The lowest BCUT2D eigenvalue weighted by Crippen LogP contribution is -2.40. The second-order valence-electron chi connectivity index (χ2n) is 4.46. The molecule has 2 nitrogen and oxygen atoms in total. The molecule has 0 saturated carbocycles. The van der Waals surface area contributed by atoms with Crippen molar-refractivity contribution in [3.63, 3.8) is 0 Å². The summed E-state index contributed by atoms with van der Waals surface area (Å²) in [5.41, 5.74) is 0.850. The number of rotatable bonds is 4. The molecular weight excluding hydrogens is 241 g/mol.